The van der Waals surface area contributed by atoms with Crippen molar-refractivity contribution in [2.75, 3.05) is 6.54 Å². The number of amides is 1. The minimum atomic E-state index is -0.952. The number of aromatic nitrogens is 1. The molecule has 0 saturated carbocycles. The van der Waals surface area contributed by atoms with E-state index in [1.807, 2.05) is 0 Å². The standard InChI is InChI=1S/C15H15ClN2O4/c1-9(15(20)21)7-17-13(19)6-12-8-22-14(18-12)10-2-4-11(16)5-3-10/h2-5,8-9H,6-7H2,1H3,(H,17,19)(H,20,21)/t9-/m1/s1. The Labute approximate surface area is 132 Å². The lowest BCUT2D eigenvalue weighted by Gasteiger charge is -2.07. The van der Waals surface area contributed by atoms with Crippen molar-refractivity contribution in [1.82, 2.24) is 10.3 Å². The van der Waals surface area contributed by atoms with E-state index in [2.05, 4.69) is 10.3 Å². The molecule has 1 atom stereocenters. The molecule has 1 aromatic heterocycles. The van der Waals surface area contributed by atoms with E-state index in [-0.39, 0.29) is 18.9 Å². The Morgan fingerprint density at radius 1 is 1.36 bits per heavy atom. The van der Waals surface area contributed by atoms with E-state index >= 15 is 0 Å². The van der Waals surface area contributed by atoms with Crippen LogP contribution in [0, 0.1) is 5.92 Å². The molecular weight excluding hydrogens is 308 g/mol. The fraction of sp³-hybridized carbons (Fsp3) is 0.267. The molecule has 0 unspecified atom stereocenters. The third-order valence-corrected chi connectivity index (χ3v) is 3.26. The monoisotopic (exact) mass is 322 g/mol. The van der Waals surface area contributed by atoms with E-state index < -0.39 is 11.9 Å². The van der Waals surface area contributed by atoms with Crippen LogP contribution in [0.3, 0.4) is 0 Å². The van der Waals surface area contributed by atoms with Gasteiger partial charge in [-0.25, -0.2) is 4.98 Å². The maximum Gasteiger partial charge on any atom is 0.308 e. The molecule has 0 spiro atoms. The van der Waals surface area contributed by atoms with Gasteiger partial charge in [0.1, 0.15) is 6.26 Å². The highest BCUT2D eigenvalue weighted by Gasteiger charge is 2.14. The SMILES string of the molecule is C[C@H](CNC(=O)Cc1coc(-c2ccc(Cl)cc2)n1)C(=O)O. The fourth-order valence-electron chi connectivity index (χ4n) is 1.69. The molecule has 22 heavy (non-hydrogen) atoms. The van der Waals surface area contributed by atoms with E-state index in [4.69, 9.17) is 21.1 Å². The molecule has 2 rings (SSSR count). The number of hydrogen-bond acceptors (Lipinski definition) is 4. The predicted molar refractivity (Wildman–Crippen MR) is 80.5 cm³/mol. The highest BCUT2D eigenvalue weighted by atomic mass is 35.5. The molecule has 0 aliphatic heterocycles. The first-order chi connectivity index (χ1) is 10.5. The minimum Gasteiger partial charge on any atom is -0.481 e. The molecule has 0 radical (unpaired) electrons. The number of benzene rings is 1. The van der Waals surface area contributed by atoms with Gasteiger partial charge in [0.2, 0.25) is 11.8 Å². The lowest BCUT2D eigenvalue weighted by molar-refractivity contribution is -0.141. The summed E-state index contributed by atoms with van der Waals surface area (Å²) in [6.07, 6.45) is 1.44. The average molecular weight is 323 g/mol. The van der Waals surface area contributed by atoms with Crippen LogP contribution in [-0.2, 0) is 16.0 Å². The van der Waals surface area contributed by atoms with E-state index in [9.17, 15) is 9.59 Å². The third-order valence-electron chi connectivity index (χ3n) is 3.01. The van der Waals surface area contributed by atoms with Crippen molar-refractivity contribution in [2.45, 2.75) is 13.3 Å². The molecular formula is C15H15ClN2O4. The van der Waals surface area contributed by atoms with Crippen LogP contribution in [0.15, 0.2) is 34.9 Å². The number of aliphatic carboxylic acids is 1. The van der Waals surface area contributed by atoms with Gasteiger partial charge in [0.15, 0.2) is 0 Å². The Balaban J connectivity index is 1.93. The predicted octanol–water partition coefficient (Wildman–Crippen LogP) is 2.37. The average Bonchev–Trinajstić information content (AvgIpc) is 2.93. The van der Waals surface area contributed by atoms with Gasteiger partial charge >= 0.3 is 5.97 Å². The fourth-order valence-corrected chi connectivity index (χ4v) is 1.82. The van der Waals surface area contributed by atoms with Gasteiger partial charge in [-0.15, -0.1) is 0 Å². The maximum atomic E-state index is 11.7. The second kappa shape index (κ2) is 7.09. The Morgan fingerprint density at radius 3 is 2.68 bits per heavy atom. The van der Waals surface area contributed by atoms with Gasteiger partial charge in [0.25, 0.3) is 0 Å². The van der Waals surface area contributed by atoms with Crippen LogP contribution >= 0.6 is 11.6 Å². The molecule has 0 fully saturated rings. The van der Waals surface area contributed by atoms with Gasteiger partial charge in [-0.1, -0.05) is 18.5 Å². The molecule has 1 heterocycles. The van der Waals surface area contributed by atoms with Gasteiger partial charge < -0.3 is 14.8 Å². The van der Waals surface area contributed by atoms with Crippen molar-refractivity contribution in [3.63, 3.8) is 0 Å². The lowest BCUT2D eigenvalue weighted by atomic mass is 10.2. The molecule has 0 saturated heterocycles. The molecule has 6 nitrogen and oxygen atoms in total. The summed E-state index contributed by atoms with van der Waals surface area (Å²) in [5, 5.41) is 11.9. The maximum absolute atomic E-state index is 11.7. The number of carbonyl (C=O) groups excluding carboxylic acids is 1. The second-order valence-corrected chi connectivity index (χ2v) is 5.31. The number of rotatable bonds is 6. The quantitative estimate of drug-likeness (QED) is 0.851. The summed E-state index contributed by atoms with van der Waals surface area (Å²) in [4.78, 5) is 26.6. The number of carboxylic acid groups (broad SMARTS) is 1. The normalized spacial score (nSPS) is 11.9. The number of nitrogens with zero attached hydrogens (tertiary/aromatic N) is 1. The van der Waals surface area contributed by atoms with E-state index in [0.717, 1.165) is 5.56 Å². The number of carboxylic acids is 1. The van der Waals surface area contributed by atoms with E-state index in [0.29, 0.717) is 16.6 Å². The topological polar surface area (TPSA) is 92.4 Å². The summed E-state index contributed by atoms with van der Waals surface area (Å²) in [5.74, 6) is -1.49. The molecule has 2 aromatic rings. The molecule has 2 N–H and O–H groups in total. The Bertz CT molecular complexity index is 666. The molecule has 0 aliphatic carbocycles. The first-order valence-corrected chi connectivity index (χ1v) is 7.03. The summed E-state index contributed by atoms with van der Waals surface area (Å²) in [6.45, 7) is 1.60. The van der Waals surface area contributed by atoms with Crippen LogP contribution in [0.1, 0.15) is 12.6 Å². The number of oxazole rings is 1. The van der Waals surface area contributed by atoms with Crippen molar-refractivity contribution in [1.29, 1.82) is 0 Å². The van der Waals surface area contributed by atoms with E-state index in [1.165, 1.54) is 13.2 Å². The van der Waals surface area contributed by atoms with Crippen LogP contribution in [0.2, 0.25) is 5.02 Å². The van der Waals surface area contributed by atoms with Crippen molar-refractivity contribution in [2.24, 2.45) is 5.92 Å². The molecule has 7 heteroatoms. The first kappa shape index (κ1) is 16.0. The lowest BCUT2D eigenvalue weighted by Crippen LogP contribution is -2.32. The zero-order valence-corrected chi connectivity index (χ0v) is 12.6. The van der Waals surface area contributed by atoms with Crippen LogP contribution < -0.4 is 5.32 Å². The Morgan fingerprint density at radius 2 is 2.05 bits per heavy atom. The molecule has 1 aromatic carbocycles. The number of carbonyl (C=O) groups is 2. The second-order valence-electron chi connectivity index (χ2n) is 4.87. The Hall–Kier alpha value is -2.34. The van der Waals surface area contributed by atoms with Crippen LogP contribution in [0.4, 0.5) is 0 Å². The number of halogens is 1. The van der Waals surface area contributed by atoms with Gasteiger partial charge in [-0.05, 0) is 24.3 Å². The largest absolute Gasteiger partial charge is 0.481 e. The molecule has 116 valence electrons. The summed E-state index contributed by atoms with van der Waals surface area (Å²) < 4.78 is 5.33. The first-order valence-electron chi connectivity index (χ1n) is 6.65. The van der Waals surface area contributed by atoms with Crippen molar-refractivity contribution in [3.05, 3.63) is 41.2 Å². The summed E-state index contributed by atoms with van der Waals surface area (Å²) in [7, 11) is 0. The van der Waals surface area contributed by atoms with Crippen molar-refractivity contribution >= 4 is 23.5 Å². The Kier molecular flexibility index (Phi) is 5.16. The van der Waals surface area contributed by atoms with Crippen LogP contribution in [0.5, 0.6) is 0 Å². The summed E-state index contributed by atoms with van der Waals surface area (Å²) in [6, 6.07) is 6.99. The van der Waals surface area contributed by atoms with Crippen molar-refractivity contribution in [3.8, 4) is 11.5 Å². The highest BCUT2D eigenvalue weighted by Crippen LogP contribution is 2.20. The van der Waals surface area contributed by atoms with Crippen molar-refractivity contribution < 1.29 is 19.1 Å². The molecule has 0 aliphatic rings. The van der Waals surface area contributed by atoms with Crippen LogP contribution in [-0.4, -0.2) is 28.5 Å². The van der Waals surface area contributed by atoms with E-state index in [1.54, 1.807) is 24.3 Å². The zero-order chi connectivity index (χ0) is 16.1. The van der Waals surface area contributed by atoms with Crippen LogP contribution in [0.25, 0.3) is 11.5 Å². The smallest absolute Gasteiger partial charge is 0.308 e. The minimum absolute atomic E-state index is 0.0312. The van der Waals surface area contributed by atoms with Gasteiger partial charge in [0, 0.05) is 17.1 Å². The number of nitrogens with one attached hydrogen (secondary N) is 1. The van der Waals surface area contributed by atoms with Gasteiger partial charge in [-0.3, -0.25) is 9.59 Å². The molecule has 1 amide bonds. The number of hydrogen-bond donors (Lipinski definition) is 2. The molecule has 0 bridgehead atoms. The third kappa shape index (κ3) is 4.33. The zero-order valence-electron chi connectivity index (χ0n) is 11.9. The van der Waals surface area contributed by atoms with Gasteiger partial charge in [0.05, 0.1) is 18.0 Å². The van der Waals surface area contributed by atoms with Gasteiger partial charge in [-0.2, -0.15) is 0 Å². The highest BCUT2D eigenvalue weighted by molar-refractivity contribution is 6.30. The summed E-state index contributed by atoms with van der Waals surface area (Å²) >= 11 is 5.81. The summed E-state index contributed by atoms with van der Waals surface area (Å²) in [5.41, 5.74) is 1.24.